The maximum absolute atomic E-state index is 12.8. The quantitative estimate of drug-likeness (QED) is 0.387. The molecule has 3 aromatic rings. The minimum absolute atomic E-state index is 0.0678. The molecule has 6 heteroatoms. The minimum atomic E-state index is -1.45. The molecule has 0 radical (unpaired) electrons. The molecular weight excluding hydrogens is 458 g/mol. The number of aliphatic carboxylic acids is 1. The van der Waals surface area contributed by atoms with Crippen LogP contribution in [0.2, 0.25) is 0 Å². The van der Waals surface area contributed by atoms with Gasteiger partial charge in [-0.3, -0.25) is 9.59 Å². The predicted octanol–water partition coefficient (Wildman–Crippen LogP) is 4.38. The minimum Gasteiger partial charge on any atom is -0.481 e. The van der Waals surface area contributed by atoms with Crippen LogP contribution in [0.25, 0.3) is 11.1 Å². The van der Waals surface area contributed by atoms with E-state index in [4.69, 9.17) is 10.5 Å². The van der Waals surface area contributed by atoms with Crippen LogP contribution in [-0.2, 0) is 20.7 Å². The van der Waals surface area contributed by atoms with Crippen molar-refractivity contribution in [3.63, 3.8) is 0 Å². The van der Waals surface area contributed by atoms with Gasteiger partial charge in [0.15, 0.2) is 5.92 Å². The van der Waals surface area contributed by atoms with Gasteiger partial charge in [-0.15, -0.1) is 0 Å². The standard InChI is InChI=1S/C25H22BrNO4/c26-21-12-6-1-7-15(21)13-22(27)23(24(28)29)25(30)31-14-20-18-10-4-2-8-16(18)17-9-3-5-11-19(17)20/h1-12,20,22-23H,13-14,27H2,(H,28,29)/t22-,23+/m1/s1. The van der Waals surface area contributed by atoms with Crippen molar-refractivity contribution < 1.29 is 19.4 Å². The molecule has 0 saturated heterocycles. The average molecular weight is 480 g/mol. The van der Waals surface area contributed by atoms with Crippen molar-refractivity contribution in [3.05, 3.63) is 94.0 Å². The van der Waals surface area contributed by atoms with Gasteiger partial charge in [-0.2, -0.15) is 0 Å². The fourth-order valence-electron chi connectivity index (χ4n) is 4.19. The lowest BCUT2D eigenvalue weighted by Crippen LogP contribution is -2.43. The maximum atomic E-state index is 12.8. The number of nitrogens with two attached hydrogens (primary N) is 1. The van der Waals surface area contributed by atoms with Crippen LogP contribution < -0.4 is 5.73 Å². The molecule has 0 bridgehead atoms. The molecule has 5 nitrogen and oxygen atoms in total. The zero-order valence-electron chi connectivity index (χ0n) is 16.7. The zero-order valence-corrected chi connectivity index (χ0v) is 18.3. The van der Waals surface area contributed by atoms with Crippen molar-refractivity contribution >= 4 is 27.9 Å². The van der Waals surface area contributed by atoms with E-state index >= 15 is 0 Å². The van der Waals surface area contributed by atoms with Gasteiger partial charge in [-0.1, -0.05) is 82.7 Å². The second-order valence-electron chi connectivity index (χ2n) is 7.63. The summed E-state index contributed by atoms with van der Waals surface area (Å²) in [7, 11) is 0. The number of halogens is 1. The molecule has 0 fully saturated rings. The van der Waals surface area contributed by atoms with Gasteiger partial charge in [0.05, 0.1) is 0 Å². The number of carbonyl (C=O) groups excluding carboxylic acids is 1. The van der Waals surface area contributed by atoms with Crippen LogP contribution in [0.5, 0.6) is 0 Å². The van der Waals surface area contributed by atoms with Gasteiger partial charge >= 0.3 is 11.9 Å². The van der Waals surface area contributed by atoms with Crippen molar-refractivity contribution in [1.29, 1.82) is 0 Å². The molecule has 1 aliphatic rings. The summed E-state index contributed by atoms with van der Waals surface area (Å²) in [5, 5.41) is 9.68. The van der Waals surface area contributed by atoms with Crippen molar-refractivity contribution in [2.45, 2.75) is 18.4 Å². The van der Waals surface area contributed by atoms with E-state index < -0.39 is 23.9 Å². The number of carboxylic acids is 1. The van der Waals surface area contributed by atoms with Gasteiger partial charge in [-0.05, 0) is 40.3 Å². The SMILES string of the molecule is N[C@H](Cc1ccccc1Br)[C@@H](C(=O)O)C(=O)OCC1c2ccccc2-c2ccccc21. The van der Waals surface area contributed by atoms with Crippen molar-refractivity contribution in [1.82, 2.24) is 0 Å². The Morgan fingerprint density at radius 3 is 2.06 bits per heavy atom. The first-order valence-corrected chi connectivity index (χ1v) is 10.8. The molecular formula is C25H22BrNO4. The molecule has 0 aromatic heterocycles. The van der Waals surface area contributed by atoms with Gasteiger partial charge in [0.2, 0.25) is 0 Å². The Morgan fingerprint density at radius 2 is 1.48 bits per heavy atom. The van der Waals surface area contributed by atoms with Crippen molar-refractivity contribution in [2.24, 2.45) is 11.7 Å². The van der Waals surface area contributed by atoms with E-state index in [0.29, 0.717) is 0 Å². The van der Waals surface area contributed by atoms with E-state index in [1.807, 2.05) is 72.8 Å². The summed E-state index contributed by atoms with van der Waals surface area (Å²) >= 11 is 3.43. The van der Waals surface area contributed by atoms with E-state index in [0.717, 1.165) is 32.3 Å². The van der Waals surface area contributed by atoms with Gasteiger partial charge < -0.3 is 15.6 Å². The predicted molar refractivity (Wildman–Crippen MR) is 122 cm³/mol. The molecule has 0 spiro atoms. The first-order chi connectivity index (χ1) is 15.0. The summed E-state index contributed by atoms with van der Waals surface area (Å²) in [5.74, 6) is -3.67. The highest BCUT2D eigenvalue weighted by molar-refractivity contribution is 9.10. The second-order valence-corrected chi connectivity index (χ2v) is 8.49. The molecule has 0 saturated carbocycles. The second kappa shape index (κ2) is 9.04. The smallest absolute Gasteiger partial charge is 0.321 e. The largest absolute Gasteiger partial charge is 0.481 e. The number of rotatable bonds is 7. The van der Waals surface area contributed by atoms with E-state index in [-0.39, 0.29) is 18.9 Å². The number of fused-ring (bicyclic) bond motifs is 3. The van der Waals surface area contributed by atoms with Crippen LogP contribution in [0.1, 0.15) is 22.6 Å². The van der Waals surface area contributed by atoms with E-state index in [1.165, 1.54) is 0 Å². The Morgan fingerprint density at radius 1 is 0.935 bits per heavy atom. The molecule has 0 aliphatic heterocycles. The first kappa shape index (κ1) is 21.3. The lowest BCUT2D eigenvalue weighted by molar-refractivity contribution is -0.159. The number of benzene rings is 3. The highest BCUT2D eigenvalue weighted by Gasteiger charge is 2.36. The third-order valence-corrected chi connectivity index (χ3v) is 6.49. The zero-order chi connectivity index (χ0) is 22.0. The monoisotopic (exact) mass is 479 g/mol. The summed E-state index contributed by atoms with van der Waals surface area (Å²) < 4.78 is 6.36. The van der Waals surface area contributed by atoms with Gasteiger partial charge in [0.1, 0.15) is 6.61 Å². The van der Waals surface area contributed by atoms with E-state index in [9.17, 15) is 14.7 Å². The van der Waals surface area contributed by atoms with Crippen LogP contribution in [0.15, 0.2) is 77.3 Å². The Labute approximate surface area is 189 Å². The molecule has 31 heavy (non-hydrogen) atoms. The summed E-state index contributed by atoms with van der Waals surface area (Å²) in [4.78, 5) is 24.6. The third-order valence-electron chi connectivity index (χ3n) is 5.72. The fourth-order valence-corrected chi connectivity index (χ4v) is 4.64. The summed E-state index contributed by atoms with van der Waals surface area (Å²) in [5.41, 5.74) is 11.4. The number of ether oxygens (including phenoxy) is 1. The Bertz CT molecular complexity index is 1080. The highest BCUT2D eigenvalue weighted by Crippen LogP contribution is 2.44. The topological polar surface area (TPSA) is 89.6 Å². The Kier molecular flexibility index (Phi) is 6.20. The molecule has 3 N–H and O–H groups in total. The first-order valence-electron chi connectivity index (χ1n) is 10.0. The third kappa shape index (κ3) is 4.27. The van der Waals surface area contributed by atoms with Gasteiger partial charge in [-0.25, -0.2) is 0 Å². The molecule has 158 valence electrons. The molecule has 0 amide bonds. The normalized spacial score (nSPS) is 14.4. The summed E-state index contributed by atoms with van der Waals surface area (Å²) in [6, 6.07) is 22.5. The molecule has 0 unspecified atom stereocenters. The van der Waals surface area contributed by atoms with Crippen molar-refractivity contribution in [2.75, 3.05) is 6.61 Å². The Hall–Kier alpha value is -2.96. The number of carbonyl (C=O) groups is 2. The van der Waals surface area contributed by atoms with E-state index in [1.54, 1.807) is 0 Å². The number of esters is 1. The van der Waals surface area contributed by atoms with Gasteiger partial charge in [0, 0.05) is 16.4 Å². The lowest BCUT2D eigenvalue weighted by Gasteiger charge is -2.21. The number of carboxylic acid groups (broad SMARTS) is 1. The van der Waals surface area contributed by atoms with E-state index in [2.05, 4.69) is 15.9 Å². The maximum Gasteiger partial charge on any atom is 0.321 e. The van der Waals surface area contributed by atoms with Crippen LogP contribution >= 0.6 is 15.9 Å². The molecule has 4 rings (SSSR count). The number of hydrogen-bond donors (Lipinski definition) is 2. The molecule has 1 aliphatic carbocycles. The summed E-state index contributed by atoms with van der Waals surface area (Å²) in [6.07, 6.45) is 0.239. The highest BCUT2D eigenvalue weighted by atomic mass is 79.9. The molecule has 0 heterocycles. The molecule has 3 aromatic carbocycles. The van der Waals surface area contributed by atoms with Crippen LogP contribution in [-0.4, -0.2) is 29.7 Å². The lowest BCUT2D eigenvalue weighted by atomic mass is 9.94. The fraction of sp³-hybridized carbons (Fsp3) is 0.200. The van der Waals surface area contributed by atoms with Gasteiger partial charge in [0.25, 0.3) is 0 Å². The Balaban J connectivity index is 1.50. The van der Waals surface area contributed by atoms with Crippen LogP contribution in [0, 0.1) is 5.92 Å². The van der Waals surface area contributed by atoms with Crippen molar-refractivity contribution in [3.8, 4) is 11.1 Å². The average Bonchev–Trinajstić information content (AvgIpc) is 3.07. The van der Waals surface area contributed by atoms with Crippen LogP contribution in [0.3, 0.4) is 0 Å². The summed E-state index contributed by atoms with van der Waals surface area (Å²) in [6.45, 7) is 0.0678. The van der Waals surface area contributed by atoms with Crippen LogP contribution in [0.4, 0.5) is 0 Å². The molecule has 2 atom stereocenters. The number of hydrogen-bond acceptors (Lipinski definition) is 4.